The van der Waals surface area contributed by atoms with Crippen LogP contribution in [0.5, 0.6) is 0 Å². The van der Waals surface area contributed by atoms with Crippen LogP contribution in [-0.2, 0) is 20.4 Å². The first-order chi connectivity index (χ1) is 0. The summed E-state index contributed by atoms with van der Waals surface area (Å²) in [6.45, 7) is 0. The monoisotopic (exact) mass is 157 g/mol. The summed E-state index contributed by atoms with van der Waals surface area (Å²) in [5, 5.41) is 0. The van der Waals surface area contributed by atoms with Crippen LogP contribution in [0.2, 0.25) is 0 Å². The molecule has 0 aromatic carbocycles. The molecule has 0 spiro atoms. The summed E-state index contributed by atoms with van der Waals surface area (Å²) in [7, 11) is 0. The fraction of sp³-hybridized carbons (Fsp3) is 1.00. The van der Waals surface area contributed by atoms with Gasteiger partial charge in [0.15, 0.2) is 0 Å². The molecule has 23 valence electrons. The van der Waals surface area contributed by atoms with Gasteiger partial charge in [-0.1, -0.05) is 7.43 Å². The molecule has 0 heterocycles. The van der Waals surface area contributed by atoms with Crippen LogP contribution in [0.1, 0.15) is 8.85 Å². The van der Waals surface area contributed by atoms with E-state index in [2.05, 4.69) is 0 Å². The van der Waals surface area contributed by atoms with Crippen molar-refractivity contribution in [2.45, 2.75) is 7.43 Å². The first kappa shape index (κ1) is 42.9. The van der Waals surface area contributed by atoms with E-state index in [0.29, 0.717) is 0 Å². The van der Waals surface area contributed by atoms with Gasteiger partial charge in [-0.25, -0.2) is 0 Å². The summed E-state index contributed by atoms with van der Waals surface area (Å²) in [5.74, 6) is 0. The molecule has 0 nitrogen and oxygen atoms in total. The average molecular weight is 157 g/mol. The van der Waals surface area contributed by atoms with Crippen molar-refractivity contribution in [1.82, 2.24) is 0 Å². The molecule has 0 rings (SSSR count). The minimum atomic E-state index is 0. The topological polar surface area (TPSA) is 0 Å². The van der Waals surface area contributed by atoms with Crippen molar-refractivity contribution < 1.29 is 51.4 Å². The maximum absolute atomic E-state index is 0. The predicted octanol–water partition coefficient (Wildman–Crippen LogP) is -2.63. The summed E-state index contributed by atoms with van der Waals surface area (Å²) < 4.78 is 0. The van der Waals surface area contributed by atoms with Gasteiger partial charge in [0, 0.05) is 28.8 Å². The largest absolute Gasteiger partial charge is 1.00 e. The van der Waals surface area contributed by atoms with Gasteiger partial charge in [0.05, 0.1) is 0 Å². The van der Waals surface area contributed by atoms with E-state index in [9.17, 15) is 0 Å². The minimum Gasteiger partial charge on any atom is -1.00 e. The summed E-state index contributed by atoms with van der Waals surface area (Å²) in [6.07, 6.45) is 0. The third kappa shape index (κ3) is 9.29. The van der Waals surface area contributed by atoms with Crippen LogP contribution >= 0.6 is 0 Å². The van der Waals surface area contributed by atoms with E-state index >= 15 is 0 Å². The molecule has 3 heteroatoms. The molecule has 3 radical (unpaired) electrons. The molecule has 0 N–H and O–H groups in total. The predicted molar refractivity (Wildman–Crippen MR) is 13.6 cm³/mol. The molecule has 0 saturated heterocycles. The normalized spacial score (nSPS) is 0. The summed E-state index contributed by atoms with van der Waals surface area (Å²) in [6, 6.07) is 0. The molecule has 0 aliphatic heterocycles. The summed E-state index contributed by atoms with van der Waals surface area (Å²) >= 11 is 0. The van der Waals surface area contributed by atoms with E-state index < -0.39 is 0 Å². The fourth-order valence-electron chi connectivity index (χ4n) is 0. The zero-order chi connectivity index (χ0) is 0. The van der Waals surface area contributed by atoms with Gasteiger partial charge in [-0.3, -0.25) is 0 Å². The van der Waals surface area contributed by atoms with Crippen molar-refractivity contribution in [3.8, 4) is 0 Å². The molecule has 0 fully saturated rings. The average Bonchev–Trinajstić information content (AvgIpc) is 0. The number of rotatable bonds is 0. The Morgan fingerprint density at radius 3 is 1.25 bits per heavy atom. The van der Waals surface area contributed by atoms with Crippen LogP contribution in [-0.4, -0.2) is 8.41 Å². The van der Waals surface area contributed by atoms with E-state index in [1.165, 1.54) is 0 Å². The van der Waals surface area contributed by atoms with E-state index in [-0.39, 0.29) is 67.2 Å². The molecular formula is CH5BNaPd. The Kier molecular flexibility index (Phi) is 236. The zero-order valence-electron chi connectivity index (χ0n) is 2.89. The van der Waals surface area contributed by atoms with Crippen molar-refractivity contribution in [1.29, 1.82) is 0 Å². The first-order valence-corrected chi connectivity index (χ1v) is 0. The Bertz CT molecular complexity index is 11.6. The van der Waals surface area contributed by atoms with Crippen LogP contribution in [0.25, 0.3) is 0 Å². The fourth-order valence-corrected chi connectivity index (χ4v) is 0. The molecule has 0 unspecified atom stereocenters. The number of hydrogen-bond donors (Lipinski definition) is 0. The Morgan fingerprint density at radius 2 is 1.25 bits per heavy atom. The van der Waals surface area contributed by atoms with E-state index in [1.807, 2.05) is 0 Å². The second-order valence-corrected chi connectivity index (χ2v) is 0. The third-order valence-corrected chi connectivity index (χ3v) is 0. The van der Waals surface area contributed by atoms with Crippen LogP contribution in [0.4, 0.5) is 0 Å². The SMILES string of the molecule is C.[B].[H-].[Na+].[Pd]. The summed E-state index contributed by atoms with van der Waals surface area (Å²) in [4.78, 5) is 0. The van der Waals surface area contributed by atoms with E-state index in [1.54, 1.807) is 0 Å². The van der Waals surface area contributed by atoms with Crippen molar-refractivity contribution in [2.75, 3.05) is 0 Å². The van der Waals surface area contributed by atoms with Crippen LogP contribution in [0.3, 0.4) is 0 Å². The summed E-state index contributed by atoms with van der Waals surface area (Å²) in [5.41, 5.74) is 0. The van der Waals surface area contributed by atoms with Gasteiger partial charge in [0.2, 0.25) is 0 Å². The van der Waals surface area contributed by atoms with Gasteiger partial charge < -0.3 is 1.43 Å². The molecule has 0 atom stereocenters. The Morgan fingerprint density at radius 1 is 1.25 bits per heavy atom. The van der Waals surface area contributed by atoms with Crippen molar-refractivity contribution in [3.63, 3.8) is 0 Å². The van der Waals surface area contributed by atoms with Gasteiger partial charge in [-0.2, -0.15) is 0 Å². The van der Waals surface area contributed by atoms with Gasteiger partial charge in [0.25, 0.3) is 0 Å². The molecule has 0 aliphatic carbocycles. The van der Waals surface area contributed by atoms with Gasteiger partial charge in [-0.05, 0) is 0 Å². The second-order valence-electron chi connectivity index (χ2n) is 0. The van der Waals surface area contributed by atoms with Crippen molar-refractivity contribution in [3.05, 3.63) is 0 Å². The Balaban J connectivity index is 0. The zero-order valence-corrected chi connectivity index (χ0v) is 5.45. The third-order valence-electron chi connectivity index (χ3n) is 0. The van der Waals surface area contributed by atoms with Crippen LogP contribution in [0, 0.1) is 0 Å². The maximum atomic E-state index is 0. The van der Waals surface area contributed by atoms with Crippen LogP contribution in [0.15, 0.2) is 0 Å². The minimum absolute atomic E-state index is 0. The molecule has 0 aromatic rings. The molecule has 0 saturated carbocycles. The quantitative estimate of drug-likeness (QED) is 0.338. The van der Waals surface area contributed by atoms with Gasteiger partial charge >= 0.3 is 29.6 Å². The first-order valence-electron chi connectivity index (χ1n) is 0. The van der Waals surface area contributed by atoms with Crippen molar-refractivity contribution in [2.24, 2.45) is 0 Å². The molecule has 0 amide bonds. The molecular weight excluding hydrogens is 152 g/mol. The van der Waals surface area contributed by atoms with Crippen molar-refractivity contribution >= 4 is 8.41 Å². The molecule has 4 heavy (non-hydrogen) atoms. The molecule has 0 aliphatic rings. The van der Waals surface area contributed by atoms with Crippen LogP contribution < -0.4 is 29.6 Å². The van der Waals surface area contributed by atoms with E-state index in [4.69, 9.17) is 0 Å². The maximum Gasteiger partial charge on any atom is 1.00 e. The van der Waals surface area contributed by atoms with E-state index in [0.717, 1.165) is 0 Å². The van der Waals surface area contributed by atoms with Gasteiger partial charge in [-0.15, -0.1) is 0 Å². The molecule has 0 bridgehead atoms. The smallest absolute Gasteiger partial charge is 1.00 e. The standard InChI is InChI=1S/CH4.B.Na.Pd.H/h1H4;;;;/q;;+1;;-1. The number of hydrogen-bond acceptors (Lipinski definition) is 0. The molecule has 0 aromatic heterocycles. The Labute approximate surface area is 66.7 Å². The Hall–Kier alpha value is 1.73. The van der Waals surface area contributed by atoms with Gasteiger partial charge in [0.1, 0.15) is 0 Å². The second kappa shape index (κ2) is 22.0.